The van der Waals surface area contributed by atoms with Crippen LogP contribution < -0.4 is 86.3 Å². The lowest BCUT2D eigenvalue weighted by molar-refractivity contribution is -0.139. The van der Waals surface area contributed by atoms with E-state index in [9.17, 15) is 101 Å². The number of H-pyrrole nitrogens is 1. The number of rotatable bonds is 55. The van der Waals surface area contributed by atoms with Crippen LogP contribution in [0.25, 0.3) is 0 Å². The summed E-state index contributed by atoms with van der Waals surface area (Å²) in [6.07, 6.45) is 1.14. The normalized spacial score (nSPS) is 15.7. The number of amides is 15. The number of phenols is 1. The van der Waals surface area contributed by atoms with Gasteiger partial charge in [-0.1, -0.05) is 90.3 Å². The van der Waals surface area contributed by atoms with Crippen LogP contribution in [0.3, 0.4) is 0 Å². The van der Waals surface area contributed by atoms with E-state index >= 15 is 9.59 Å². The summed E-state index contributed by atoms with van der Waals surface area (Å²) in [4.78, 5) is 227. The predicted octanol–water partition coefficient (Wildman–Crippen LogP) is -3.14. The molecule has 3 aromatic rings. The van der Waals surface area contributed by atoms with Gasteiger partial charge in [0.25, 0.3) is 0 Å². The zero-order chi connectivity index (χ0) is 88.8. The Balaban J connectivity index is 1.67. The van der Waals surface area contributed by atoms with Crippen molar-refractivity contribution in [1.82, 2.24) is 79.1 Å². The maximum atomic E-state index is 15.0. The molecular formula is C78H118F2N18O21. The van der Waals surface area contributed by atoms with Crippen molar-refractivity contribution in [2.45, 2.75) is 274 Å². The number of hydrogen-bond donors (Lipinski definition) is 22. The van der Waals surface area contributed by atoms with Crippen molar-refractivity contribution in [2.24, 2.45) is 29.0 Å². The highest BCUT2D eigenvalue weighted by atomic mass is 19.2. The Morgan fingerprint density at radius 3 is 1.43 bits per heavy atom. The average Bonchev–Trinajstić information content (AvgIpc) is 1.32. The number of imidazole rings is 1. The molecule has 39 nitrogen and oxygen atoms in total. The van der Waals surface area contributed by atoms with Crippen molar-refractivity contribution in [2.75, 3.05) is 13.2 Å². The molecule has 0 saturated heterocycles. The summed E-state index contributed by atoms with van der Waals surface area (Å²) in [7, 11) is 0. The molecule has 41 heteroatoms. The third kappa shape index (κ3) is 35.8. The molecular weight excluding hydrogens is 1560 g/mol. The van der Waals surface area contributed by atoms with Crippen LogP contribution in [0.4, 0.5) is 8.78 Å². The second-order valence-electron chi connectivity index (χ2n) is 30.3. The Hall–Kier alpha value is -11.3. The number of aromatic hydroxyl groups is 1. The fourth-order valence-corrected chi connectivity index (χ4v) is 12.7. The third-order valence-corrected chi connectivity index (χ3v) is 19.6. The number of benzene rings is 2. The summed E-state index contributed by atoms with van der Waals surface area (Å²) in [6, 6.07) is -13.5. The first-order valence-electron chi connectivity index (χ1n) is 39.8. The van der Waals surface area contributed by atoms with Gasteiger partial charge in [-0.05, 0) is 126 Å². The van der Waals surface area contributed by atoms with Gasteiger partial charge in [-0.25, -0.2) is 13.8 Å². The molecule has 0 unspecified atom stereocenters. The highest BCUT2D eigenvalue weighted by Gasteiger charge is 2.40. The molecule has 0 aliphatic heterocycles. The number of nitrogens with one attached hydrogen (secondary N) is 14. The number of primary amides is 2. The SMILES string of the molecule is CCCCCCC[C@H](NC(=O)[C@H](Cc1ccc(O)cc1)NC(=O)[C@H](Cc1cnc[nH]1)NC(=O)[C@H](CCC(=O)O)NC(=O)[C@H](Cc1ccc(F)c(F)c1)NC(=O)[C@@H](NC(=O)[C@H](CC(C)C)NC(C)=O)[C@@H](C)O)C(=O)N[C@@H](C)C(=O)N[C@@H](CCC(N)=O)C(=O)N[C@@H](CC1CCC1)C(=O)N[C@H](C(=O)N[C@@H](CO)C(=O)N[C@@H](CCCCN)C(N)=O)[C@@H](C)O. The van der Waals surface area contributed by atoms with Gasteiger partial charge in [0.1, 0.15) is 84.3 Å². The van der Waals surface area contributed by atoms with Crippen LogP contribution in [0.15, 0.2) is 55.0 Å². The summed E-state index contributed by atoms with van der Waals surface area (Å²) >= 11 is 0. The molecule has 0 spiro atoms. The third-order valence-electron chi connectivity index (χ3n) is 19.6. The van der Waals surface area contributed by atoms with Crippen molar-refractivity contribution in [1.29, 1.82) is 0 Å². The van der Waals surface area contributed by atoms with Crippen LogP contribution in [0.5, 0.6) is 5.75 Å². The molecule has 1 aromatic heterocycles. The lowest BCUT2D eigenvalue weighted by Crippen LogP contribution is -2.62. The van der Waals surface area contributed by atoms with Gasteiger partial charge in [0, 0.05) is 50.9 Å². The van der Waals surface area contributed by atoms with E-state index in [-0.39, 0.29) is 67.5 Å². The maximum Gasteiger partial charge on any atom is 0.303 e. The van der Waals surface area contributed by atoms with E-state index in [4.69, 9.17) is 17.2 Å². The minimum absolute atomic E-state index is 0.0368. The first-order chi connectivity index (χ1) is 56.2. The number of aromatic amines is 1. The molecule has 4 rings (SSSR count). The lowest BCUT2D eigenvalue weighted by Gasteiger charge is -2.32. The highest BCUT2D eigenvalue weighted by molar-refractivity contribution is 6.00. The Bertz CT molecular complexity index is 3910. The van der Waals surface area contributed by atoms with Crippen molar-refractivity contribution in [3.8, 4) is 5.75 Å². The molecule has 660 valence electrons. The smallest absolute Gasteiger partial charge is 0.303 e. The van der Waals surface area contributed by atoms with Gasteiger partial charge in [0.05, 0.1) is 25.1 Å². The first kappa shape index (κ1) is 100. The number of carboxylic acids is 1. The Morgan fingerprint density at radius 1 is 0.496 bits per heavy atom. The molecule has 1 fully saturated rings. The highest BCUT2D eigenvalue weighted by Crippen LogP contribution is 2.31. The number of carboxylic acid groups (broad SMARTS) is 1. The molecule has 0 bridgehead atoms. The molecule has 15 atom stereocenters. The lowest BCUT2D eigenvalue weighted by atomic mass is 9.80. The number of aliphatic hydroxyl groups is 3. The number of carbonyl (C=O) groups is 16. The zero-order valence-corrected chi connectivity index (χ0v) is 68.0. The van der Waals surface area contributed by atoms with Gasteiger partial charge in [0.15, 0.2) is 11.6 Å². The summed E-state index contributed by atoms with van der Waals surface area (Å²) in [6.45, 7) is 9.36. The monoisotopic (exact) mass is 1680 g/mol. The number of hydrogen-bond acceptors (Lipinski definition) is 22. The number of nitrogens with zero attached hydrogens (tertiary/aromatic N) is 1. The van der Waals surface area contributed by atoms with E-state index in [0.29, 0.717) is 56.6 Å². The maximum absolute atomic E-state index is 15.0. The Labute approximate surface area is 687 Å². The zero-order valence-electron chi connectivity index (χ0n) is 68.0. The quantitative estimate of drug-likeness (QED) is 0.0248. The van der Waals surface area contributed by atoms with Gasteiger partial charge in [-0.3, -0.25) is 76.7 Å². The molecule has 1 heterocycles. The van der Waals surface area contributed by atoms with Gasteiger partial charge in [-0.15, -0.1) is 0 Å². The molecule has 1 saturated carbocycles. The second-order valence-corrected chi connectivity index (χ2v) is 30.3. The van der Waals surface area contributed by atoms with E-state index in [1.165, 1.54) is 43.7 Å². The van der Waals surface area contributed by atoms with Crippen LogP contribution >= 0.6 is 0 Å². The first-order valence-corrected chi connectivity index (χ1v) is 39.8. The number of phenolic OH excluding ortho intramolecular Hbond substituents is 1. The fourth-order valence-electron chi connectivity index (χ4n) is 12.7. The van der Waals surface area contributed by atoms with Crippen LogP contribution in [0, 0.1) is 23.5 Å². The largest absolute Gasteiger partial charge is 0.508 e. The number of halogens is 2. The fraction of sp³-hybridized carbons (Fsp3) is 0.603. The summed E-state index contributed by atoms with van der Waals surface area (Å²) in [5.41, 5.74) is 16.9. The minimum atomic E-state index is -1.92. The topological polar surface area (TPSA) is 637 Å². The van der Waals surface area contributed by atoms with E-state index in [1.807, 2.05) is 6.92 Å². The Kier molecular flexibility index (Phi) is 43.0. The van der Waals surface area contributed by atoms with Gasteiger partial charge in [0.2, 0.25) is 88.6 Å². The van der Waals surface area contributed by atoms with Crippen molar-refractivity contribution < 1.29 is 111 Å². The van der Waals surface area contributed by atoms with Gasteiger partial charge < -0.3 is 117 Å². The van der Waals surface area contributed by atoms with E-state index < -0.39 is 242 Å². The van der Waals surface area contributed by atoms with Crippen LogP contribution in [-0.2, 0) is 96.0 Å². The van der Waals surface area contributed by atoms with Crippen LogP contribution in [-0.4, -0.2) is 234 Å². The number of aromatic nitrogens is 2. The minimum Gasteiger partial charge on any atom is -0.508 e. The molecule has 15 amide bonds. The van der Waals surface area contributed by atoms with Crippen molar-refractivity contribution in [3.63, 3.8) is 0 Å². The van der Waals surface area contributed by atoms with Crippen LogP contribution in [0.2, 0.25) is 0 Å². The number of aliphatic carboxylic acids is 1. The molecule has 0 radical (unpaired) electrons. The van der Waals surface area contributed by atoms with E-state index in [0.717, 1.165) is 52.2 Å². The van der Waals surface area contributed by atoms with Crippen LogP contribution in [0.1, 0.15) is 181 Å². The summed E-state index contributed by atoms with van der Waals surface area (Å²) in [5, 5.41) is 83.8. The number of aliphatic hydroxyl groups excluding tert-OH is 3. The van der Waals surface area contributed by atoms with Gasteiger partial charge >= 0.3 is 5.97 Å². The molecule has 25 N–H and O–H groups in total. The van der Waals surface area contributed by atoms with Crippen molar-refractivity contribution in [3.05, 3.63) is 83.4 Å². The summed E-state index contributed by atoms with van der Waals surface area (Å²) < 4.78 is 29.0. The second kappa shape index (κ2) is 51.1. The molecule has 119 heavy (non-hydrogen) atoms. The molecule has 1 aliphatic carbocycles. The standard InChI is InChI=1S/C78H118F2N18O21/c1-8-9-10-11-12-19-53(68(109)86-41(4)67(108)89-54(26-28-62(82)104)69(110)92-58(33-45-16-15-17-45)75(116)98-65(43(6)101)78(119)96-61(38-99)76(117)88-52(66(83)107)18-13-14-30-81)90-71(112)57(34-46-20-23-49(103)24-21-46)93-73(114)60(36-48-37-84-39-85-48)94-70(111)55(27-29-63(105)106)91-72(113)59(35-47-22-25-50(79)51(80)32-47)95-77(118)64(42(5)100)97-74(115)56(31-40(2)3)87-44(7)102/h20-25,32,37,39-43,45,52-61,64-65,99-101,103H,8-19,26-31,33-36,38,81H2,1-7H3,(H2,82,104)(H2,83,107)(H,84,85)(H,86,109)(H,87,102)(H,88,117)(H,89,108)(H,90,112)(H,91,113)(H,92,110)(H,93,114)(H,94,111)(H,95,118)(H,96,119)(H,97,115)(H,98,116)(H,105,106)/t41-,42+,43+,52-,53-,54-,55-,56-,57-,58-,59-,60-,61-,64-,65-/m0/s1. The summed E-state index contributed by atoms with van der Waals surface area (Å²) in [5.74, 6) is -20.2. The molecule has 2 aromatic carbocycles. The number of unbranched alkanes of at least 4 members (excludes halogenated alkanes) is 5. The number of nitrogens with two attached hydrogens (primary N) is 3. The Morgan fingerprint density at radius 2 is 0.941 bits per heavy atom. The average molecular weight is 1680 g/mol. The number of carbonyl (C=O) groups excluding carboxylic acids is 15. The van der Waals surface area contributed by atoms with E-state index in [1.54, 1.807) is 13.8 Å². The van der Waals surface area contributed by atoms with Crippen molar-refractivity contribution >= 4 is 94.6 Å². The molecule has 1 aliphatic rings. The predicted molar refractivity (Wildman–Crippen MR) is 423 cm³/mol. The van der Waals surface area contributed by atoms with E-state index in [2.05, 4.69) is 79.1 Å². The van der Waals surface area contributed by atoms with Gasteiger partial charge in [-0.2, -0.15) is 0 Å².